The summed E-state index contributed by atoms with van der Waals surface area (Å²) in [4.78, 5) is 2.61. The molecule has 0 aliphatic carbocycles. The quantitative estimate of drug-likeness (QED) is 0.835. The molecule has 0 radical (unpaired) electrons. The van der Waals surface area contributed by atoms with E-state index in [2.05, 4.69) is 21.2 Å². The lowest BCUT2D eigenvalue weighted by Gasteiger charge is -2.48. The Morgan fingerprint density at radius 2 is 2.06 bits per heavy atom. The van der Waals surface area contributed by atoms with E-state index >= 15 is 0 Å². The third-order valence-electron chi connectivity index (χ3n) is 4.13. The van der Waals surface area contributed by atoms with Crippen molar-refractivity contribution in [3.05, 3.63) is 24.0 Å². The summed E-state index contributed by atoms with van der Waals surface area (Å²) < 4.78 is 0. The molecule has 2 fully saturated rings. The molecule has 2 bridgehead atoms. The summed E-state index contributed by atoms with van der Waals surface area (Å²) in [7, 11) is 0. The first-order chi connectivity index (χ1) is 8.33. The van der Waals surface area contributed by atoms with E-state index in [1.54, 1.807) is 6.20 Å². The summed E-state index contributed by atoms with van der Waals surface area (Å²) >= 11 is 0. The Kier molecular flexibility index (Phi) is 3.07. The van der Waals surface area contributed by atoms with Gasteiger partial charge >= 0.3 is 0 Å². The molecule has 1 aromatic rings. The van der Waals surface area contributed by atoms with E-state index < -0.39 is 0 Å². The molecule has 2 N–H and O–H groups in total. The number of nitrogens with two attached hydrogens (primary N) is 1. The van der Waals surface area contributed by atoms with Crippen molar-refractivity contribution < 1.29 is 0 Å². The van der Waals surface area contributed by atoms with Crippen LogP contribution in [0.3, 0.4) is 0 Å². The number of nitrogens with zero attached hydrogens (tertiary/aromatic N) is 3. The number of fused-ring (bicyclic) bond motifs is 2. The van der Waals surface area contributed by atoms with Gasteiger partial charge in [0.1, 0.15) is 0 Å². The van der Waals surface area contributed by atoms with E-state index in [-0.39, 0.29) is 0 Å². The highest BCUT2D eigenvalue weighted by molar-refractivity contribution is 5.02. The molecule has 3 rings (SSSR count). The minimum atomic E-state index is 0.406. The third kappa shape index (κ3) is 2.33. The standard InChI is InChI=1S/C13H20N4/c14-10-7-12-4-1-5-13(8-10)17(12)9-11-3-2-6-15-16-11/h2-3,6,10,12-13H,1,4-5,7-9,14H2. The van der Waals surface area contributed by atoms with Gasteiger partial charge in [0.15, 0.2) is 0 Å². The highest BCUT2D eigenvalue weighted by atomic mass is 15.2. The lowest BCUT2D eigenvalue weighted by atomic mass is 9.82. The Hall–Kier alpha value is -1.00. The predicted molar refractivity (Wildman–Crippen MR) is 66.2 cm³/mol. The largest absolute Gasteiger partial charge is 0.328 e. The van der Waals surface area contributed by atoms with Crippen LogP contribution in [0.5, 0.6) is 0 Å². The molecule has 2 aliphatic heterocycles. The van der Waals surface area contributed by atoms with E-state index in [0.717, 1.165) is 25.1 Å². The van der Waals surface area contributed by atoms with Gasteiger partial charge in [-0.25, -0.2) is 0 Å². The summed E-state index contributed by atoms with van der Waals surface area (Å²) in [6, 6.07) is 5.77. The second kappa shape index (κ2) is 4.70. The first kappa shape index (κ1) is 11.1. The fraction of sp³-hybridized carbons (Fsp3) is 0.692. The molecule has 0 aromatic carbocycles. The fourth-order valence-corrected chi connectivity index (χ4v) is 3.38. The molecule has 92 valence electrons. The summed E-state index contributed by atoms with van der Waals surface area (Å²) in [5.74, 6) is 0. The Morgan fingerprint density at radius 3 is 2.71 bits per heavy atom. The van der Waals surface area contributed by atoms with Gasteiger partial charge in [-0.1, -0.05) is 6.42 Å². The second-order valence-corrected chi connectivity index (χ2v) is 5.36. The van der Waals surface area contributed by atoms with Gasteiger partial charge in [-0.05, 0) is 37.8 Å². The maximum absolute atomic E-state index is 6.13. The summed E-state index contributed by atoms with van der Waals surface area (Å²) in [5, 5.41) is 8.15. The van der Waals surface area contributed by atoms with E-state index in [9.17, 15) is 0 Å². The van der Waals surface area contributed by atoms with Crippen LogP contribution in [-0.4, -0.2) is 33.2 Å². The van der Waals surface area contributed by atoms with Crippen molar-refractivity contribution in [1.82, 2.24) is 15.1 Å². The minimum absolute atomic E-state index is 0.406. The van der Waals surface area contributed by atoms with Gasteiger partial charge in [0.05, 0.1) is 5.69 Å². The van der Waals surface area contributed by atoms with Crippen molar-refractivity contribution in [1.29, 1.82) is 0 Å². The smallest absolute Gasteiger partial charge is 0.0771 e. The fourth-order valence-electron chi connectivity index (χ4n) is 3.38. The molecular formula is C13H20N4. The second-order valence-electron chi connectivity index (χ2n) is 5.36. The third-order valence-corrected chi connectivity index (χ3v) is 4.13. The van der Waals surface area contributed by atoms with Crippen LogP contribution in [-0.2, 0) is 6.54 Å². The predicted octanol–water partition coefficient (Wildman–Crippen LogP) is 1.32. The molecule has 0 spiro atoms. The Balaban J connectivity index is 1.74. The van der Waals surface area contributed by atoms with Crippen molar-refractivity contribution in [2.75, 3.05) is 0 Å². The SMILES string of the molecule is NC1CC2CCCC(C1)N2Cc1cccnn1. The monoisotopic (exact) mass is 232 g/mol. The van der Waals surface area contributed by atoms with Crippen LogP contribution in [0.15, 0.2) is 18.3 Å². The molecule has 3 heterocycles. The molecule has 2 unspecified atom stereocenters. The number of rotatable bonds is 2. The van der Waals surface area contributed by atoms with Gasteiger partial charge in [0.2, 0.25) is 0 Å². The van der Waals surface area contributed by atoms with Crippen LogP contribution in [0.25, 0.3) is 0 Å². The van der Waals surface area contributed by atoms with E-state index in [4.69, 9.17) is 5.73 Å². The Bertz CT molecular complexity index is 353. The lowest BCUT2D eigenvalue weighted by molar-refractivity contribution is 0.0233. The van der Waals surface area contributed by atoms with Crippen LogP contribution in [0, 0.1) is 0 Å². The van der Waals surface area contributed by atoms with E-state index in [1.807, 2.05) is 6.07 Å². The van der Waals surface area contributed by atoms with Crippen molar-refractivity contribution in [2.24, 2.45) is 5.73 Å². The lowest BCUT2D eigenvalue weighted by Crippen LogP contribution is -2.54. The molecule has 2 atom stereocenters. The first-order valence-corrected chi connectivity index (χ1v) is 6.61. The average Bonchev–Trinajstić information content (AvgIpc) is 2.32. The maximum atomic E-state index is 6.13. The summed E-state index contributed by atoms with van der Waals surface area (Å²) in [5.41, 5.74) is 7.21. The van der Waals surface area contributed by atoms with Crippen molar-refractivity contribution in [3.63, 3.8) is 0 Å². The minimum Gasteiger partial charge on any atom is -0.328 e. The zero-order chi connectivity index (χ0) is 11.7. The van der Waals surface area contributed by atoms with Gasteiger partial charge in [-0.3, -0.25) is 4.90 Å². The van der Waals surface area contributed by atoms with Gasteiger partial charge in [0, 0.05) is 30.9 Å². The first-order valence-electron chi connectivity index (χ1n) is 6.61. The van der Waals surface area contributed by atoms with Crippen molar-refractivity contribution in [2.45, 2.75) is 56.8 Å². The maximum Gasteiger partial charge on any atom is 0.0771 e. The molecule has 4 heteroatoms. The molecule has 0 saturated carbocycles. The zero-order valence-electron chi connectivity index (χ0n) is 10.1. The van der Waals surface area contributed by atoms with Crippen LogP contribution in [0.1, 0.15) is 37.8 Å². The topological polar surface area (TPSA) is 55.0 Å². The summed E-state index contributed by atoms with van der Waals surface area (Å²) in [6.45, 7) is 0.940. The highest BCUT2D eigenvalue weighted by Gasteiger charge is 2.36. The van der Waals surface area contributed by atoms with Crippen LogP contribution < -0.4 is 5.73 Å². The normalized spacial score (nSPS) is 33.6. The molecular weight excluding hydrogens is 212 g/mol. The van der Waals surface area contributed by atoms with Gasteiger partial charge in [-0.2, -0.15) is 10.2 Å². The molecule has 4 nitrogen and oxygen atoms in total. The number of hydrogen-bond acceptors (Lipinski definition) is 4. The van der Waals surface area contributed by atoms with E-state index in [1.165, 1.54) is 19.3 Å². The van der Waals surface area contributed by atoms with Crippen molar-refractivity contribution >= 4 is 0 Å². The average molecular weight is 232 g/mol. The molecule has 2 aliphatic rings. The Labute approximate surface area is 102 Å². The number of piperidine rings is 2. The highest BCUT2D eigenvalue weighted by Crippen LogP contribution is 2.34. The molecule has 17 heavy (non-hydrogen) atoms. The van der Waals surface area contributed by atoms with Gasteiger partial charge in [-0.15, -0.1) is 0 Å². The van der Waals surface area contributed by atoms with Crippen LogP contribution in [0.2, 0.25) is 0 Å². The summed E-state index contributed by atoms with van der Waals surface area (Å²) in [6.07, 6.45) is 7.98. The number of hydrogen-bond donors (Lipinski definition) is 1. The molecule has 1 aromatic heterocycles. The van der Waals surface area contributed by atoms with Crippen LogP contribution >= 0.6 is 0 Å². The number of aromatic nitrogens is 2. The van der Waals surface area contributed by atoms with E-state index in [0.29, 0.717) is 18.1 Å². The Morgan fingerprint density at radius 1 is 1.29 bits per heavy atom. The van der Waals surface area contributed by atoms with Gasteiger partial charge < -0.3 is 5.73 Å². The van der Waals surface area contributed by atoms with Crippen molar-refractivity contribution in [3.8, 4) is 0 Å². The zero-order valence-corrected chi connectivity index (χ0v) is 10.1. The van der Waals surface area contributed by atoms with Gasteiger partial charge in [0.25, 0.3) is 0 Å². The molecule has 0 amide bonds. The van der Waals surface area contributed by atoms with Crippen LogP contribution in [0.4, 0.5) is 0 Å². The molecule has 2 saturated heterocycles.